The molecule has 0 spiro atoms. The molecule has 2 heterocycles. The van der Waals surface area contributed by atoms with Crippen LogP contribution < -0.4 is 0 Å². The zero-order chi connectivity index (χ0) is 14.7. The third-order valence-electron chi connectivity index (χ3n) is 4.65. The van der Waals surface area contributed by atoms with Gasteiger partial charge in [0, 0.05) is 13.0 Å². The monoisotopic (exact) mass is 294 g/mol. The van der Waals surface area contributed by atoms with Crippen molar-refractivity contribution in [2.75, 3.05) is 6.61 Å². The molecule has 1 aliphatic carbocycles. The first kappa shape index (κ1) is 14.5. The van der Waals surface area contributed by atoms with Gasteiger partial charge in [-0.15, -0.1) is 10.2 Å². The molecule has 1 aliphatic heterocycles. The summed E-state index contributed by atoms with van der Waals surface area (Å²) in [6.45, 7) is 0.741. The first-order valence-electron chi connectivity index (χ1n) is 7.83. The van der Waals surface area contributed by atoms with Gasteiger partial charge in [-0.25, -0.2) is 0 Å². The van der Waals surface area contributed by atoms with Crippen molar-refractivity contribution >= 4 is 5.97 Å². The predicted octanol–water partition coefficient (Wildman–Crippen LogP) is 2.89. The van der Waals surface area contributed by atoms with Crippen LogP contribution >= 0.6 is 0 Å². The summed E-state index contributed by atoms with van der Waals surface area (Å²) in [5.74, 6) is 0.364. The van der Waals surface area contributed by atoms with Crippen LogP contribution in [-0.2, 0) is 16.0 Å². The molecule has 1 N–H and O–H groups in total. The molecule has 2 aliphatic rings. The number of aromatic nitrogens is 2. The van der Waals surface area contributed by atoms with Gasteiger partial charge in [-0.05, 0) is 37.5 Å². The summed E-state index contributed by atoms with van der Waals surface area (Å²) in [5.41, 5.74) is -0.205. The molecule has 3 rings (SSSR count). The molecule has 0 aromatic carbocycles. The second-order valence-corrected chi connectivity index (χ2v) is 6.34. The van der Waals surface area contributed by atoms with E-state index >= 15 is 0 Å². The Hall–Kier alpha value is -1.43. The van der Waals surface area contributed by atoms with Gasteiger partial charge < -0.3 is 14.3 Å². The van der Waals surface area contributed by atoms with Crippen LogP contribution in [0.25, 0.3) is 0 Å². The molecule has 1 saturated heterocycles. The van der Waals surface area contributed by atoms with Crippen LogP contribution in [0.5, 0.6) is 0 Å². The normalized spacial score (nSPS) is 25.0. The SMILES string of the molecule is O=C(O)CC1(Cc2nnc(C3CCCCO3)o2)CCCC1. The Morgan fingerprint density at radius 3 is 2.71 bits per heavy atom. The second-order valence-electron chi connectivity index (χ2n) is 6.34. The van der Waals surface area contributed by atoms with Crippen molar-refractivity contribution in [1.29, 1.82) is 0 Å². The number of carboxylic acids is 1. The number of rotatable bonds is 5. The van der Waals surface area contributed by atoms with E-state index in [-0.39, 0.29) is 17.9 Å². The van der Waals surface area contributed by atoms with E-state index in [1.807, 2.05) is 0 Å². The Balaban J connectivity index is 1.68. The maximum absolute atomic E-state index is 11.1. The van der Waals surface area contributed by atoms with Crippen LogP contribution in [0.2, 0.25) is 0 Å². The maximum atomic E-state index is 11.1. The fourth-order valence-corrected chi connectivity index (χ4v) is 3.59. The lowest BCUT2D eigenvalue weighted by atomic mass is 9.79. The molecule has 6 heteroatoms. The molecular weight excluding hydrogens is 272 g/mol. The van der Waals surface area contributed by atoms with Crippen molar-refractivity contribution in [2.24, 2.45) is 5.41 Å². The van der Waals surface area contributed by atoms with Gasteiger partial charge in [-0.1, -0.05) is 12.8 Å². The Bertz CT molecular complexity index is 488. The van der Waals surface area contributed by atoms with Crippen molar-refractivity contribution < 1.29 is 19.1 Å². The summed E-state index contributed by atoms with van der Waals surface area (Å²) in [6.07, 6.45) is 7.81. The van der Waals surface area contributed by atoms with E-state index in [4.69, 9.17) is 14.3 Å². The number of aliphatic carboxylic acids is 1. The topological polar surface area (TPSA) is 85.5 Å². The van der Waals surface area contributed by atoms with Gasteiger partial charge >= 0.3 is 5.97 Å². The molecule has 1 aromatic rings. The summed E-state index contributed by atoms with van der Waals surface area (Å²) < 4.78 is 11.4. The molecule has 1 aromatic heterocycles. The smallest absolute Gasteiger partial charge is 0.303 e. The van der Waals surface area contributed by atoms with E-state index < -0.39 is 5.97 Å². The molecule has 1 atom stereocenters. The van der Waals surface area contributed by atoms with Crippen molar-refractivity contribution in [2.45, 2.75) is 63.9 Å². The lowest BCUT2D eigenvalue weighted by Crippen LogP contribution is -2.24. The van der Waals surface area contributed by atoms with E-state index in [1.54, 1.807) is 0 Å². The molecule has 2 fully saturated rings. The minimum absolute atomic E-state index is 0.0843. The summed E-state index contributed by atoms with van der Waals surface area (Å²) in [7, 11) is 0. The largest absolute Gasteiger partial charge is 0.481 e. The number of carboxylic acid groups (broad SMARTS) is 1. The van der Waals surface area contributed by atoms with E-state index in [0.717, 1.165) is 51.6 Å². The van der Waals surface area contributed by atoms with Crippen molar-refractivity contribution in [3.05, 3.63) is 11.8 Å². The van der Waals surface area contributed by atoms with Crippen LogP contribution in [0, 0.1) is 5.41 Å². The highest BCUT2D eigenvalue weighted by Crippen LogP contribution is 2.43. The minimum Gasteiger partial charge on any atom is -0.481 e. The molecule has 21 heavy (non-hydrogen) atoms. The van der Waals surface area contributed by atoms with Gasteiger partial charge in [0.1, 0.15) is 6.10 Å². The summed E-state index contributed by atoms with van der Waals surface area (Å²) in [6, 6.07) is 0. The quantitative estimate of drug-likeness (QED) is 0.898. The van der Waals surface area contributed by atoms with Gasteiger partial charge in [0.25, 0.3) is 0 Å². The lowest BCUT2D eigenvalue weighted by Gasteiger charge is -2.25. The van der Waals surface area contributed by atoms with E-state index in [9.17, 15) is 4.79 Å². The van der Waals surface area contributed by atoms with Crippen LogP contribution in [0.15, 0.2) is 4.42 Å². The minimum atomic E-state index is -0.743. The summed E-state index contributed by atoms with van der Waals surface area (Å²) in [4.78, 5) is 11.1. The standard InChI is InChI=1S/C15H22N2O4/c18-13(19)10-15(6-2-3-7-15)9-12-16-17-14(21-12)11-5-1-4-8-20-11/h11H,1-10H2,(H,18,19). The predicted molar refractivity (Wildman–Crippen MR) is 73.7 cm³/mol. The third-order valence-corrected chi connectivity index (χ3v) is 4.65. The molecule has 0 radical (unpaired) electrons. The summed E-state index contributed by atoms with van der Waals surface area (Å²) >= 11 is 0. The average Bonchev–Trinajstić information content (AvgIpc) is 3.09. The van der Waals surface area contributed by atoms with E-state index in [0.29, 0.717) is 18.2 Å². The van der Waals surface area contributed by atoms with Crippen molar-refractivity contribution in [3.8, 4) is 0 Å². The van der Waals surface area contributed by atoms with Crippen LogP contribution in [0.3, 0.4) is 0 Å². The number of hydrogen-bond acceptors (Lipinski definition) is 5. The van der Waals surface area contributed by atoms with Gasteiger partial charge in [0.15, 0.2) is 0 Å². The lowest BCUT2D eigenvalue weighted by molar-refractivity contribution is -0.139. The fourth-order valence-electron chi connectivity index (χ4n) is 3.59. The Labute approximate surface area is 123 Å². The van der Waals surface area contributed by atoms with E-state index in [1.165, 1.54) is 0 Å². The Kier molecular flexibility index (Phi) is 4.24. The Morgan fingerprint density at radius 2 is 2.05 bits per heavy atom. The van der Waals surface area contributed by atoms with E-state index in [2.05, 4.69) is 10.2 Å². The fraction of sp³-hybridized carbons (Fsp3) is 0.800. The second kappa shape index (κ2) is 6.13. The summed E-state index contributed by atoms with van der Waals surface area (Å²) in [5, 5.41) is 17.4. The molecule has 1 unspecified atom stereocenters. The number of nitrogens with zero attached hydrogens (tertiary/aromatic N) is 2. The first-order chi connectivity index (χ1) is 10.2. The van der Waals surface area contributed by atoms with Gasteiger partial charge in [-0.3, -0.25) is 4.79 Å². The Morgan fingerprint density at radius 1 is 1.24 bits per heavy atom. The van der Waals surface area contributed by atoms with Gasteiger partial charge in [0.2, 0.25) is 11.8 Å². The highest BCUT2D eigenvalue weighted by molar-refractivity contribution is 5.67. The maximum Gasteiger partial charge on any atom is 0.303 e. The van der Waals surface area contributed by atoms with Crippen molar-refractivity contribution in [1.82, 2.24) is 10.2 Å². The number of hydrogen-bond donors (Lipinski definition) is 1. The molecule has 116 valence electrons. The number of ether oxygens (including phenoxy) is 1. The van der Waals surface area contributed by atoms with Crippen LogP contribution in [-0.4, -0.2) is 27.9 Å². The van der Waals surface area contributed by atoms with Gasteiger partial charge in [0.05, 0.1) is 6.42 Å². The molecule has 1 saturated carbocycles. The van der Waals surface area contributed by atoms with Crippen LogP contribution in [0.4, 0.5) is 0 Å². The average molecular weight is 294 g/mol. The zero-order valence-electron chi connectivity index (χ0n) is 12.2. The molecule has 6 nitrogen and oxygen atoms in total. The zero-order valence-corrected chi connectivity index (χ0v) is 12.2. The molecule has 0 bridgehead atoms. The first-order valence-corrected chi connectivity index (χ1v) is 7.83. The van der Waals surface area contributed by atoms with Gasteiger partial charge in [-0.2, -0.15) is 0 Å². The molecule has 0 amide bonds. The highest BCUT2D eigenvalue weighted by Gasteiger charge is 2.38. The van der Waals surface area contributed by atoms with Crippen molar-refractivity contribution in [3.63, 3.8) is 0 Å². The molecular formula is C15H22N2O4. The highest BCUT2D eigenvalue weighted by atomic mass is 16.5. The third kappa shape index (κ3) is 3.43. The van der Waals surface area contributed by atoms with Crippen LogP contribution in [0.1, 0.15) is 69.3 Å². The number of carbonyl (C=O) groups is 1.